The Kier molecular flexibility index (Phi) is 4.69. The number of fused-ring (bicyclic) bond motifs is 2. The van der Waals surface area contributed by atoms with Gasteiger partial charge in [0.15, 0.2) is 5.65 Å². The van der Waals surface area contributed by atoms with Crippen molar-refractivity contribution < 1.29 is 9.47 Å². The van der Waals surface area contributed by atoms with E-state index in [1.807, 2.05) is 4.52 Å². The molecule has 1 aromatic carbocycles. The van der Waals surface area contributed by atoms with Crippen LogP contribution in [0, 0.1) is 12.8 Å². The highest BCUT2D eigenvalue weighted by Crippen LogP contribution is 2.37. The molecular weight excluding hydrogens is 402 g/mol. The lowest BCUT2D eigenvalue weighted by Gasteiger charge is -2.47. The molecule has 2 saturated heterocycles. The summed E-state index contributed by atoms with van der Waals surface area (Å²) in [5.74, 6) is 1.92. The third-order valence-electron chi connectivity index (χ3n) is 6.84. The summed E-state index contributed by atoms with van der Waals surface area (Å²) in [7, 11) is 0. The quantitative estimate of drug-likeness (QED) is 0.499. The fraction of sp³-hybridized carbons (Fsp3) is 0.440. The number of hydrogen-bond donors (Lipinski definition) is 1. The molecule has 32 heavy (non-hydrogen) atoms. The molecule has 166 valence electrons. The second-order valence-corrected chi connectivity index (χ2v) is 9.54. The molecule has 1 N–H and O–H groups in total. The Hall–Kier alpha value is -2.90. The summed E-state index contributed by atoms with van der Waals surface area (Å²) in [6.07, 6.45) is 3.66. The molecule has 0 amide bonds. The number of hydrogen-bond acceptors (Lipinski definition) is 5. The van der Waals surface area contributed by atoms with Gasteiger partial charge in [-0.1, -0.05) is 13.8 Å². The van der Waals surface area contributed by atoms with E-state index >= 15 is 0 Å². The van der Waals surface area contributed by atoms with Gasteiger partial charge < -0.3 is 14.5 Å². The van der Waals surface area contributed by atoms with E-state index in [0.29, 0.717) is 17.9 Å². The molecule has 2 fully saturated rings. The minimum atomic E-state index is 0.366. The molecule has 7 heteroatoms. The first-order valence-corrected chi connectivity index (χ1v) is 11.5. The molecule has 0 unspecified atom stereocenters. The van der Waals surface area contributed by atoms with Crippen molar-refractivity contribution in [1.82, 2.24) is 24.5 Å². The summed E-state index contributed by atoms with van der Waals surface area (Å²) in [6, 6.07) is 9.24. The Bertz CT molecular complexity index is 1280. The zero-order chi connectivity index (χ0) is 21.8. The monoisotopic (exact) mass is 431 g/mol. The molecule has 3 aromatic heterocycles. The molecule has 6 rings (SSSR count). The van der Waals surface area contributed by atoms with Crippen molar-refractivity contribution >= 4 is 16.6 Å². The lowest BCUT2D eigenvalue weighted by molar-refractivity contribution is -0.106. The molecule has 0 bridgehead atoms. The van der Waals surface area contributed by atoms with E-state index in [-0.39, 0.29) is 0 Å². The number of likely N-dealkylation sites (tertiary alicyclic amines) is 1. The van der Waals surface area contributed by atoms with E-state index in [1.54, 1.807) is 6.33 Å². The third kappa shape index (κ3) is 3.27. The Morgan fingerprint density at radius 1 is 1.22 bits per heavy atom. The van der Waals surface area contributed by atoms with Gasteiger partial charge in [-0.15, -0.1) is 0 Å². The van der Waals surface area contributed by atoms with Crippen molar-refractivity contribution in [2.24, 2.45) is 5.92 Å². The summed E-state index contributed by atoms with van der Waals surface area (Å²) in [6.45, 7) is 11.4. The summed E-state index contributed by atoms with van der Waals surface area (Å²) in [4.78, 5) is 10.5. The van der Waals surface area contributed by atoms with E-state index in [2.05, 4.69) is 71.2 Å². The van der Waals surface area contributed by atoms with E-state index in [1.165, 1.54) is 10.9 Å². The number of nitrogens with zero attached hydrogens (tertiary/aromatic N) is 4. The van der Waals surface area contributed by atoms with Gasteiger partial charge in [-0.3, -0.25) is 4.90 Å². The average molecular weight is 432 g/mol. The maximum Gasteiger partial charge on any atom is 0.158 e. The van der Waals surface area contributed by atoms with Crippen molar-refractivity contribution in [3.63, 3.8) is 0 Å². The van der Waals surface area contributed by atoms with Gasteiger partial charge in [0.1, 0.15) is 12.1 Å². The van der Waals surface area contributed by atoms with Gasteiger partial charge in [0.25, 0.3) is 0 Å². The van der Waals surface area contributed by atoms with Gasteiger partial charge >= 0.3 is 0 Å². The first-order valence-electron chi connectivity index (χ1n) is 11.5. The largest absolute Gasteiger partial charge is 0.493 e. The number of aromatic nitrogens is 4. The van der Waals surface area contributed by atoms with Crippen LogP contribution in [0.5, 0.6) is 5.75 Å². The SMILES string of the molecule is Cc1cc(-c2[nH]c3ccc(OCC4CN(C5COC5)C4)cc3c2C(C)C)cn2ncnc12. The Labute approximate surface area is 187 Å². The normalized spacial score (nSPS) is 17.9. The molecule has 0 saturated carbocycles. The Balaban J connectivity index is 1.27. The molecule has 0 spiro atoms. The third-order valence-corrected chi connectivity index (χ3v) is 6.84. The molecule has 2 aliphatic rings. The predicted octanol–water partition coefficient (Wildman–Crippen LogP) is 4.02. The number of pyridine rings is 1. The predicted molar refractivity (Wildman–Crippen MR) is 124 cm³/mol. The molecule has 7 nitrogen and oxygen atoms in total. The van der Waals surface area contributed by atoms with Crippen LogP contribution in [0.25, 0.3) is 27.8 Å². The van der Waals surface area contributed by atoms with Crippen molar-refractivity contribution in [3.8, 4) is 17.0 Å². The van der Waals surface area contributed by atoms with Crippen molar-refractivity contribution in [3.05, 3.63) is 47.9 Å². The number of nitrogens with one attached hydrogen (secondary N) is 1. The Morgan fingerprint density at radius 2 is 2.06 bits per heavy atom. The van der Waals surface area contributed by atoms with Crippen LogP contribution in [0.4, 0.5) is 0 Å². The van der Waals surface area contributed by atoms with Crippen molar-refractivity contribution in [1.29, 1.82) is 0 Å². The molecular formula is C25H29N5O2. The van der Waals surface area contributed by atoms with Crippen LogP contribution in [-0.4, -0.2) is 63.4 Å². The number of aryl methyl sites for hydroxylation is 1. The molecule has 0 radical (unpaired) electrons. The number of H-pyrrole nitrogens is 1. The summed E-state index contributed by atoms with van der Waals surface area (Å²) < 4.78 is 13.4. The summed E-state index contributed by atoms with van der Waals surface area (Å²) in [5, 5.41) is 5.58. The van der Waals surface area contributed by atoms with Crippen molar-refractivity contribution in [2.45, 2.75) is 32.7 Å². The highest BCUT2D eigenvalue weighted by atomic mass is 16.5. The maximum absolute atomic E-state index is 6.22. The van der Waals surface area contributed by atoms with Crippen LogP contribution < -0.4 is 4.74 Å². The topological polar surface area (TPSA) is 67.7 Å². The zero-order valence-corrected chi connectivity index (χ0v) is 18.8. The highest BCUT2D eigenvalue weighted by Gasteiger charge is 2.36. The van der Waals surface area contributed by atoms with Gasteiger partial charge in [-0.25, -0.2) is 9.50 Å². The van der Waals surface area contributed by atoms with Gasteiger partial charge in [0, 0.05) is 41.7 Å². The van der Waals surface area contributed by atoms with Crippen LogP contribution in [0.15, 0.2) is 36.8 Å². The maximum atomic E-state index is 6.22. The molecule has 4 aromatic rings. The van der Waals surface area contributed by atoms with Gasteiger partial charge in [0.2, 0.25) is 0 Å². The number of rotatable bonds is 6. The second-order valence-electron chi connectivity index (χ2n) is 9.54. The smallest absolute Gasteiger partial charge is 0.158 e. The number of aromatic amines is 1. The van der Waals surface area contributed by atoms with Crippen LogP contribution in [0.3, 0.4) is 0 Å². The van der Waals surface area contributed by atoms with E-state index < -0.39 is 0 Å². The fourth-order valence-electron chi connectivity index (χ4n) is 5.00. The van der Waals surface area contributed by atoms with Crippen LogP contribution >= 0.6 is 0 Å². The standard InChI is InChI=1S/C25H29N5O2/c1-15(2)23-21-7-20(32-11-17-8-29(9-17)19-12-31-13-19)4-5-22(21)28-24(23)18-6-16(3)25-26-14-27-30(25)10-18/h4-7,10,14-15,17,19,28H,8-9,11-13H2,1-3H3. The van der Waals surface area contributed by atoms with Crippen LogP contribution in [0.1, 0.15) is 30.9 Å². The summed E-state index contributed by atoms with van der Waals surface area (Å²) >= 11 is 0. The van der Waals surface area contributed by atoms with Gasteiger partial charge in [-0.2, -0.15) is 5.10 Å². The lowest BCUT2D eigenvalue weighted by Crippen LogP contribution is -2.60. The molecule has 0 atom stereocenters. The van der Waals surface area contributed by atoms with Crippen LogP contribution in [-0.2, 0) is 4.74 Å². The zero-order valence-electron chi connectivity index (χ0n) is 18.8. The van der Waals surface area contributed by atoms with E-state index in [9.17, 15) is 0 Å². The first kappa shape index (κ1) is 19.8. The second kappa shape index (κ2) is 7.60. The van der Waals surface area contributed by atoms with E-state index in [4.69, 9.17) is 9.47 Å². The van der Waals surface area contributed by atoms with E-state index in [0.717, 1.165) is 66.6 Å². The van der Waals surface area contributed by atoms with Gasteiger partial charge in [-0.05, 0) is 48.2 Å². The molecule has 2 aliphatic heterocycles. The fourth-order valence-corrected chi connectivity index (χ4v) is 5.00. The summed E-state index contributed by atoms with van der Waals surface area (Å²) in [5.41, 5.74) is 6.71. The van der Waals surface area contributed by atoms with Crippen molar-refractivity contribution in [2.75, 3.05) is 32.9 Å². The molecule has 5 heterocycles. The lowest BCUT2D eigenvalue weighted by atomic mass is 9.96. The molecule has 0 aliphatic carbocycles. The number of ether oxygens (including phenoxy) is 2. The average Bonchev–Trinajstić information content (AvgIpc) is 3.32. The first-order chi connectivity index (χ1) is 15.6. The van der Waals surface area contributed by atoms with Crippen LogP contribution in [0.2, 0.25) is 0 Å². The number of benzene rings is 1. The van der Waals surface area contributed by atoms with Gasteiger partial charge in [0.05, 0.1) is 31.6 Å². The Morgan fingerprint density at radius 3 is 2.81 bits per heavy atom. The minimum absolute atomic E-state index is 0.366. The minimum Gasteiger partial charge on any atom is -0.493 e. The highest BCUT2D eigenvalue weighted by molar-refractivity contribution is 5.92.